The van der Waals surface area contributed by atoms with E-state index in [2.05, 4.69) is 13.8 Å². The number of hydrogen-bond acceptors (Lipinski definition) is 1. The fourth-order valence-corrected chi connectivity index (χ4v) is 2.03. The second kappa shape index (κ2) is 6.19. The van der Waals surface area contributed by atoms with Crippen LogP contribution < -0.4 is 4.90 Å². The van der Waals surface area contributed by atoms with Crippen molar-refractivity contribution in [3.05, 3.63) is 60.7 Å². The Morgan fingerprint density at radius 2 is 1.32 bits per heavy atom. The van der Waals surface area contributed by atoms with Crippen molar-refractivity contribution in [1.82, 2.24) is 0 Å². The summed E-state index contributed by atoms with van der Waals surface area (Å²) < 4.78 is 0. The molecule has 0 fully saturated rings. The first-order valence-electron chi connectivity index (χ1n) is 6.61. The van der Waals surface area contributed by atoms with Gasteiger partial charge >= 0.3 is 0 Å². The number of rotatable bonds is 4. The molecule has 2 rings (SSSR count). The molecule has 0 N–H and O–H groups in total. The largest absolute Gasteiger partial charge is 0.281 e. The summed E-state index contributed by atoms with van der Waals surface area (Å²) in [4.78, 5) is 14.3. The molecule has 0 saturated heterocycles. The van der Waals surface area contributed by atoms with Gasteiger partial charge in [-0.1, -0.05) is 50.2 Å². The van der Waals surface area contributed by atoms with Crippen molar-refractivity contribution in [3.63, 3.8) is 0 Å². The first kappa shape index (κ1) is 13.3. The standard InChI is InChI=1S/C17H19NO/c1-14(2)13-17(19)18(15-9-5-3-6-10-15)16-11-7-4-8-12-16/h3-12,14H,13H2,1-2H3. The van der Waals surface area contributed by atoms with Crippen molar-refractivity contribution in [1.29, 1.82) is 0 Å². The number of hydrogen-bond donors (Lipinski definition) is 0. The fraction of sp³-hybridized carbons (Fsp3) is 0.235. The van der Waals surface area contributed by atoms with E-state index in [4.69, 9.17) is 0 Å². The van der Waals surface area contributed by atoms with Crippen molar-refractivity contribution in [2.45, 2.75) is 20.3 Å². The second-order valence-corrected chi connectivity index (χ2v) is 5.00. The summed E-state index contributed by atoms with van der Waals surface area (Å²) >= 11 is 0. The Morgan fingerprint density at radius 1 is 0.895 bits per heavy atom. The van der Waals surface area contributed by atoms with Gasteiger partial charge in [0.2, 0.25) is 5.91 Å². The predicted octanol–water partition coefficient (Wildman–Crippen LogP) is 4.40. The third-order valence-electron chi connectivity index (χ3n) is 2.86. The van der Waals surface area contributed by atoms with E-state index >= 15 is 0 Å². The lowest BCUT2D eigenvalue weighted by atomic mass is 10.1. The highest BCUT2D eigenvalue weighted by Gasteiger charge is 2.18. The fourth-order valence-electron chi connectivity index (χ4n) is 2.03. The van der Waals surface area contributed by atoms with Gasteiger partial charge in [-0.15, -0.1) is 0 Å². The van der Waals surface area contributed by atoms with E-state index in [0.717, 1.165) is 11.4 Å². The zero-order valence-corrected chi connectivity index (χ0v) is 11.4. The molecule has 0 heterocycles. The molecule has 0 atom stereocenters. The molecule has 0 bridgehead atoms. The highest BCUT2D eigenvalue weighted by atomic mass is 16.2. The Labute approximate surface area is 114 Å². The minimum Gasteiger partial charge on any atom is -0.281 e. The maximum absolute atomic E-state index is 12.5. The zero-order chi connectivity index (χ0) is 13.7. The molecule has 0 radical (unpaired) electrons. The Bertz CT molecular complexity index is 480. The van der Waals surface area contributed by atoms with Gasteiger partial charge in [-0.05, 0) is 30.2 Å². The number of benzene rings is 2. The lowest BCUT2D eigenvalue weighted by Gasteiger charge is -2.23. The number of carbonyl (C=O) groups excluding carboxylic acids is 1. The minimum atomic E-state index is 0.132. The monoisotopic (exact) mass is 253 g/mol. The third-order valence-corrected chi connectivity index (χ3v) is 2.86. The molecular formula is C17H19NO. The number of nitrogens with zero attached hydrogens (tertiary/aromatic N) is 1. The summed E-state index contributed by atoms with van der Waals surface area (Å²) in [5.74, 6) is 0.481. The Kier molecular flexibility index (Phi) is 4.35. The van der Waals surface area contributed by atoms with Gasteiger partial charge in [0.25, 0.3) is 0 Å². The van der Waals surface area contributed by atoms with Gasteiger partial charge in [0.05, 0.1) is 0 Å². The SMILES string of the molecule is CC(C)CC(=O)N(c1ccccc1)c1ccccc1. The third kappa shape index (κ3) is 3.44. The van der Waals surface area contributed by atoms with E-state index in [1.54, 1.807) is 4.90 Å². The molecule has 2 heteroatoms. The lowest BCUT2D eigenvalue weighted by Crippen LogP contribution is -2.26. The summed E-state index contributed by atoms with van der Waals surface area (Å²) in [7, 11) is 0. The van der Waals surface area contributed by atoms with Crippen molar-refractivity contribution in [2.24, 2.45) is 5.92 Å². The minimum absolute atomic E-state index is 0.132. The van der Waals surface area contributed by atoms with Crippen LogP contribution >= 0.6 is 0 Å². The zero-order valence-electron chi connectivity index (χ0n) is 11.4. The molecule has 0 aliphatic heterocycles. The molecule has 19 heavy (non-hydrogen) atoms. The summed E-state index contributed by atoms with van der Waals surface area (Å²) in [5, 5.41) is 0. The first-order valence-corrected chi connectivity index (χ1v) is 6.61. The van der Waals surface area contributed by atoms with Gasteiger partial charge < -0.3 is 0 Å². The average Bonchev–Trinajstić information content (AvgIpc) is 2.40. The average molecular weight is 253 g/mol. The molecule has 0 spiro atoms. The number of para-hydroxylation sites is 2. The van der Waals surface area contributed by atoms with Crippen molar-refractivity contribution in [2.75, 3.05) is 4.90 Å². The summed E-state index contributed by atoms with van der Waals surface area (Å²) in [5.41, 5.74) is 1.83. The van der Waals surface area contributed by atoms with Crippen LogP contribution in [0.3, 0.4) is 0 Å². The van der Waals surface area contributed by atoms with E-state index in [9.17, 15) is 4.79 Å². The van der Waals surface area contributed by atoms with Crippen LogP contribution in [0.15, 0.2) is 60.7 Å². The normalized spacial score (nSPS) is 10.5. The Morgan fingerprint density at radius 3 is 1.68 bits per heavy atom. The summed E-state index contributed by atoms with van der Waals surface area (Å²) in [6.45, 7) is 4.12. The Balaban J connectivity index is 2.37. The number of carbonyl (C=O) groups is 1. The Hall–Kier alpha value is -2.09. The summed E-state index contributed by atoms with van der Waals surface area (Å²) in [6.07, 6.45) is 0.545. The van der Waals surface area contributed by atoms with Crippen LogP contribution in [0, 0.1) is 5.92 Å². The van der Waals surface area contributed by atoms with Crippen LogP contribution in [-0.2, 0) is 4.79 Å². The summed E-state index contributed by atoms with van der Waals surface area (Å²) in [6, 6.07) is 19.6. The van der Waals surface area contributed by atoms with Crippen molar-refractivity contribution < 1.29 is 4.79 Å². The van der Waals surface area contributed by atoms with Crippen LogP contribution in [0.2, 0.25) is 0 Å². The van der Waals surface area contributed by atoms with E-state index in [-0.39, 0.29) is 5.91 Å². The van der Waals surface area contributed by atoms with Crippen molar-refractivity contribution >= 4 is 17.3 Å². The van der Waals surface area contributed by atoms with E-state index in [0.29, 0.717) is 12.3 Å². The number of amides is 1. The van der Waals surface area contributed by atoms with Crippen LogP contribution in [0.25, 0.3) is 0 Å². The second-order valence-electron chi connectivity index (χ2n) is 5.00. The van der Waals surface area contributed by atoms with Gasteiger partial charge in [-0.3, -0.25) is 9.69 Å². The molecule has 0 aromatic heterocycles. The molecule has 0 aliphatic rings. The highest BCUT2D eigenvalue weighted by molar-refractivity contribution is 6.00. The predicted molar refractivity (Wildman–Crippen MR) is 79.5 cm³/mol. The van der Waals surface area contributed by atoms with Gasteiger partial charge in [-0.25, -0.2) is 0 Å². The van der Waals surface area contributed by atoms with Crippen LogP contribution in [-0.4, -0.2) is 5.91 Å². The molecule has 1 amide bonds. The van der Waals surface area contributed by atoms with Gasteiger partial charge in [0, 0.05) is 17.8 Å². The van der Waals surface area contributed by atoms with Gasteiger partial charge in [0.15, 0.2) is 0 Å². The van der Waals surface area contributed by atoms with Gasteiger partial charge in [-0.2, -0.15) is 0 Å². The number of anilines is 2. The van der Waals surface area contributed by atoms with E-state index in [1.165, 1.54) is 0 Å². The van der Waals surface area contributed by atoms with Crippen LogP contribution in [0.4, 0.5) is 11.4 Å². The van der Waals surface area contributed by atoms with E-state index in [1.807, 2.05) is 60.7 Å². The van der Waals surface area contributed by atoms with Crippen LogP contribution in [0.5, 0.6) is 0 Å². The highest BCUT2D eigenvalue weighted by Crippen LogP contribution is 2.26. The molecule has 0 aliphatic carbocycles. The maximum atomic E-state index is 12.5. The van der Waals surface area contributed by atoms with Crippen LogP contribution in [0.1, 0.15) is 20.3 Å². The molecule has 0 saturated carbocycles. The van der Waals surface area contributed by atoms with Gasteiger partial charge in [0.1, 0.15) is 0 Å². The smallest absolute Gasteiger partial charge is 0.231 e. The van der Waals surface area contributed by atoms with E-state index < -0.39 is 0 Å². The molecule has 2 nitrogen and oxygen atoms in total. The molecular weight excluding hydrogens is 234 g/mol. The lowest BCUT2D eigenvalue weighted by molar-refractivity contribution is -0.118. The maximum Gasteiger partial charge on any atom is 0.231 e. The topological polar surface area (TPSA) is 20.3 Å². The molecule has 0 unspecified atom stereocenters. The molecule has 2 aromatic carbocycles. The molecule has 98 valence electrons. The molecule has 2 aromatic rings. The first-order chi connectivity index (χ1) is 9.18. The quantitative estimate of drug-likeness (QED) is 0.791. The van der Waals surface area contributed by atoms with Crippen molar-refractivity contribution in [3.8, 4) is 0 Å².